The van der Waals surface area contributed by atoms with Gasteiger partial charge in [-0.3, -0.25) is 4.31 Å². The van der Waals surface area contributed by atoms with Crippen LogP contribution in [0, 0.1) is 0 Å². The number of fused-ring (bicyclic) bond motifs is 1. The van der Waals surface area contributed by atoms with Crippen LogP contribution in [-0.2, 0) is 21.2 Å². The highest BCUT2D eigenvalue weighted by Crippen LogP contribution is 2.36. The van der Waals surface area contributed by atoms with Crippen LogP contribution in [0.2, 0.25) is 0 Å². The number of rotatable bonds is 5. The molecular weight excluding hydrogens is 374 g/mol. The molecule has 3 rings (SSSR count). The molecule has 2 aromatic carbocycles. The lowest BCUT2D eigenvalue weighted by atomic mass is 10.1. The first-order valence-corrected chi connectivity index (χ1v) is 9.85. The highest BCUT2D eigenvalue weighted by Gasteiger charge is 2.36. The third-order valence-electron chi connectivity index (χ3n) is 4.13. The molecule has 0 saturated heterocycles. The van der Waals surface area contributed by atoms with Crippen molar-refractivity contribution in [3.63, 3.8) is 0 Å². The minimum atomic E-state index is -3.81. The summed E-state index contributed by atoms with van der Waals surface area (Å²) in [6, 6.07) is 13.0. The molecule has 26 heavy (non-hydrogen) atoms. The molecular formula is C19H18ClNO4S. The SMILES string of the molecule is C=C(Cl)COC(=O)c1cccc(S(=O)(=O)N2c3ccccc3CC2C)c1. The molecule has 136 valence electrons. The van der Waals surface area contributed by atoms with Crippen LogP contribution in [0.3, 0.4) is 0 Å². The minimum Gasteiger partial charge on any atom is -0.456 e. The predicted octanol–water partition coefficient (Wildman–Crippen LogP) is 3.74. The molecule has 1 aliphatic heterocycles. The molecule has 0 bridgehead atoms. The number of halogens is 1. The fourth-order valence-electron chi connectivity index (χ4n) is 3.03. The fraction of sp³-hybridized carbons (Fsp3) is 0.211. The molecule has 0 fully saturated rings. The quantitative estimate of drug-likeness (QED) is 0.728. The highest BCUT2D eigenvalue weighted by molar-refractivity contribution is 7.92. The minimum absolute atomic E-state index is 0.0419. The summed E-state index contributed by atoms with van der Waals surface area (Å²) in [6.07, 6.45) is 0.648. The van der Waals surface area contributed by atoms with E-state index in [1.165, 1.54) is 28.6 Å². The summed E-state index contributed by atoms with van der Waals surface area (Å²) in [5.74, 6) is -0.654. The summed E-state index contributed by atoms with van der Waals surface area (Å²) in [7, 11) is -3.81. The van der Waals surface area contributed by atoms with Crippen LogP contribution in [0.1, 0.15) is 22.8 Å². The zero-order valence-corrected chi connectivity index (χ0v) is 15.8. The number of benzene rings is 2. The summed E-state index contributed by atoms with van der Waals surface area (Å²) in [6.45, 7) is 5.18. The highest BCUT2D eigenvalue weighted by atomic mass is 35.5. The van der Waals surface area contributed by atoms with Crippen LogP contribution in [0.5, 0.6) is 0 Å². The Labute approximate surface area is 157 Å². The van der Waals surface area contributed by atoms with Gasteiger partial charge in [-0.25, -0.2) is 13.2 Å². The number of anilines is 1. The van der Waals surface area contributed by atoms with Crippen molar-refractivity contribution >= 4 is 33.3 Å². The number of hydrogen-bond acceptors (Lipinski definition) is 4. The van der Waals surface area contributed by atoms with Crippen LogP contribution in [0.4, 0.5) is 5.69 Å². The Morgan fingerprint density at radius 3 is 2.73 bits per heavy atom. The molecule has 1 aliphatic rings. The van der Waals surface area contributed by atoms with Crippen LogP contribution in [-0.4, -0.2) is 27.0 Å². The van der Waals surface area contributed by atoms with Gasteiger partial charge in [-0.15, -0.1) is 0 Å². The number of carbonyl (C=O) groups excluding carboxylic acids is 1. The summed E-state index contributed by atoms with van der Waals surface area (Å²) in [5.41, 5.74) is 1.80. The largest absolute Gasteiger partial charge is 0.456 e. The molecule has 0 saturated carbocycles. The van der Waals surface area contributed by atoms with Crippen LogP contribution >= 0.6 is 11.6 Å². The van der Waals surface area contributed by atoms with E-state index in [1.807, 2.05) is 25.1 Å². The lowest BCUT2D eigenvalue weighted by Gasteiger charge is -2.24. The summed E-state index contributed by atoms with van der Waals surface area (Å²) < 4.78 is 32.8. The Hall–Kier alpha value is -2.31. The Balaban J connectivity index is 1.95. The van der Waals surface area contributed by atoms with Crippen molar-refractivity contribution in [2.75, 3.05) is 10.9 Å². The Kier molecular flexibility index (Phi) is 5.07. The zero-order chi connectivity index (χ0) is 18.9. The van der Waals surface area contributed by atoms with Gasteiger partial charge in [0.15, 0.2) is 0 Å². The van der Waals surface area contributed by atoms with Gasteiger partial charge in [0.25, 0.3) is 10.0 Å². The van der Waals surface area contributed by atoms with Crippen molar-refractivity contribution in [3.05, 3.63) is 71.3 Å². The fourth-order valence-corrected chi connectivity index (χ4v) is 4.82. The first-order valence-electron chi connectivity index (χ1n) is 8.03. The second-order valence-corrected chi connectivity index (χ2v) is 8.45. The number of carbonyl (C=O) groups is 1. The Morgan fingerprint density at radius 2 is 2.00 bits per heavy atom. The second-order valence-electron chi connectivity index (χ2n) is 6.10. The molecule has 5 nitrogen and oxygen atoms in total. The maximum Gasteiger partial charge on any atom is 0.338 e. The van der Waals surface area contributed by atoms with E-state index in [0.29, 0.717) is 12.1 Å². The molecule has 7 heteroatoms. The maximum absolute atomic E-state index is 13.2. The van der Waals surface area contributed by atoms with E-state index in [9.17, 15) is 13.2 Å². The average molecular weight is 392 g/mol. The van der Waals surface area contributed by atoms with Gasteiger partial charge in [-0.2, -0.15) is 0 Å². The summed E-state index contributed by atoms with van der Waals surface area (Å²) >= 11 is 5.59. The number of sulfonamides is 1. The molecule has 0 radical (unpaired) electrons. The van der Waals surface area contributed by atoms with E-state index >= 15 is 0 Å². The van der Waals surface area contributed by atoms with Crippen molar-refractivity contribution in [2.45, 2.75) is 24.3 Å². The first kappa shape index (κ1) is 18.5. The molecule has 0 N–H and O–H groups in total. The summed E-state index contributed by atoms with van der Waals surface area (Å²) in [4.78, 5) is 12.1. The van der Waals surface area contributed by atoms with E-state index in [1.54, 1.807) is 6.07 Å². The van der Waals surface area contributed by atoms with Gasteiger partial charge in [0, 0.05) is 11.1 Å². The molecule has 0 amide bonds. The van der Waals surface area contributed by atoms with Crippen LogP contribution in [0.15, 0.2) is 65.0 Å². The molecule has 0 aliphatic carbocycles. The molecule has 1 unspecified atom stereocenters. The van der Waals surface area contributed by atoms with Gasteiger partial charge in [0.1, 0.15) is 6.61 Å². The smallest absolute Gasteiger partial charge is 0.338 e. The first-order chi connectivity index (χ1) is 12.3. The second kappa shape index (κ2) is 7.13. The van der Waals surface area contributed by atoms with Gasteiger partial charge in [-0.05, 0) is 43.2 Å². The number of esters is 1. The Morgan fingerprint density at radius 1 is 1.27 bits per heavy atom. The molecule has 1 heterocycles. The lowest BCUT2D eigenvalue weighted by Crippen LogP contribution is -2.35. The standard InChI is InChI=1S/C19H18ClNO4S/c1-13(20)12-25-19(22)16-7-5-8-17(11-16)26(23,24)21-14(2)10-15-6-3-4-9-18(15)21/h3-9,11,14H,1,10,12H2,2H3. The van der Waals surface area contributed by atoms with Crippen LogP contribution in [0.25, 0.3) is 0 Å². The van der Waals surface area contributed by atoms with E-state index in [-0.39, 0.29) is 28.1 Å². The molecule has 0 spiro atoms. The van der Waals surface area contributed by atoms with E-state index in [4.69, 9.17) is 16.3 Å². The van der Waals surface area contributed by atoms with Gasteiger partial charge < -0.3 is 4.74 Å². The van der Waals surface area contributed by atoms with Crippen molar-refractivity contribution < 1.29 is 17.9 Å². The normalized spacial score (nSPS) is 16.2. The van der Waals surface area contributed by atoms with E-state index in [2.05, 4.69) is 6.58 Å². The molecule has 0 aromatic heterocycles. The predicted molar refractivity (Wildman–Crippen MR) is 101 cm³/mol. The number of ether oxygens (including phenoxy) is 1. The van der Waals surface area contributed by atoms with E-state index in [0.717, 1.165) is 5.56 Å². The van der Waals surface area contributed by atoms with Crippen molar-refractivity contribution in [1.82, 2.24) is 0 Å². The Bertz CT molecular complexity index is 971. The van der Waals surface area contributed by atoms with Crippen molar-refractivity contribution in [3.8, 4) is 0 Å². The molecule has 1 atom stereocenters. The third kappa shape index (κ3) is 3.48. The lowest BCUT2D eigenvalue weighted by molar-refractivity contribution is 0.0546. The van der Waals surface area contributed by atoms with Crippen LogP contribution < -0.4 is 4.31 Å². The van der Waals surface area contributed by atoms with Gasteiger partial charge in [-0.1, -0.05) is 42.4 Å². The molecule has 2 aromatic rings. The number of para-hydroxylation sites is 1. The number of nitrogens with zero attached hydrogens (tertiary/aromatic N) is 1. The topological polar surface area (TPSA) is 63.7 Å². The summed E-state index contributed by atoms with van der Waals surface area (Å²) in [5, 5.41) is 0.185. The van der Waals surface area contributed by atoms with Crippen molar-refractivity contribution in [2.24, 2.45) is 0 Å². The third-order valence-corrected chi connectivity index (χ3v) is 6.16. The average Bonchev–Trinajstić information content (AvgIpc) is 2.96. The monoisotopic (exact) mass is 391 g/mol. The van der Waals surface area contributed by atoms with E-state index < -0.39 is 16.0 Å². The maximum atomic E-state index is 13.2. The van der Waals surface area contributed by atoms with Gasteiger partial charge >= 0.3 is 5.97 Å². The number of hydrogen-bond donors (Lipinski definition) is 0. The zero-order valence-electron chi connectivity index (χ0n) is 14.2. The van der Waals surface area contributed by atoms with Crippen molar-refractivity contribution in [1.29, 1.82) is 0 Å². The van der Waals surface area contributed by atoms with Gasteiger partial charge in [0.05, 0.1) is 16.1 Å². The van der Waals surface area contributed by atoms with Gasteiger partial charge in [0.2, 0.25) is 0 Å².